The fraction of sp³-hybridized carbons (Fsp3) is 0.278. The molecule has 0 aliphatic rings. The SMILES string of the molecule is CCC(C(=O)NCc1ccc(Cl)cc1)N(c1cccc(Cl)c1)S(C)(=O)=O. The van der Waals surface area contributed by atoms with Gasteiger partial charge in [0.15, 0.2) is 0 Å². The molecule has 1 amide bonds. The highest BCUT2D eigenvalue weighted by atomic mass is 35.5. The van der Waals surface area contributed by atoms with E-state index in [0.29, 0.717) is 22.2 Å². The molecule has 2 aromatic rings. The molecule has 5 nitrogen and oxygen atoms in total. The predicted molar refractivity (Wildman–Crippen MR) is 106 cm³/mol. The van der Waals surface area contributed by atoms with E-state index in [4.69, 9.17) is 23.2 Å². The van der Waals surface area contributed by atoms with Gasteiger partial charge in [0.2, 0.25) is 15.9 Å². The van der Waals surface area contributed by atoms with Crippen molar-refractivity contribution >= 4 is 44.8 Å². The fourth-order valence-electron chi connectivity index (χ4n) is 2.58. The fourth-order valence-corrected chi connectivity index (χ4v) is 4.10. The minimum Gasteiger partial charge on any atom is -0.350 e. The van der Waals surface area contributed by atoms with Crippen molar-refractivity contribution in [1.82, 2.24) is 5.32 Å². The summed E-state index contributed by atoms with van der Waals surface area (Å²) in [5.41, 5.74) is 1.22. The molecular weight excluding hydrogens is 395 g/mol. The molecule has 140 valence electrons. The lowest BCUT2D eigenvalue weighted by atomic mass is 10.1. The molecule has 26 heavy (non-hydrogen) atoms. The Labute approximate surface area is 164 Å². The van der Waals surface area contributed by atoms with Gasteiger partial charge in [0.1, 0.15) is 6.04 Å². The van der Waals surface area contributed by atoms with Crippen LogP contribution in [0.4, 0.5) is 5.69 Å². The average molecular weight is 415 g/mol. The molecule has 0 aliphatic carbocycles. The van der Waals surface area contributed by atoms with E-state index in [2.05, 4.69) is 5.32 Å². The number of sulfonamides is 1. The second kappa shape index (κ2) is 8.75. The molecule has 0 radical (unpaired) electrons. The summed E-state index contributed by atoms with van der Waals surface area (Å²) in [6.07, 6.45) is 1.38. The lowest BCUT2D eigenvalue weighted by Crippen LogP contribution is -2.49. The molecule has 8 heteroatoms. The number of hydrogen-bond acceptors (Lipinski definition) is 3. The monoisotopic (exact) mass is 414 g/mol. The Hall–Kier alpha value is -1.76. The Bertz CT molecular complexity index is 870. The molecule has 0 aromatic heterocycles. The third kappa shape index (κ3) is 5.37. The molecule has 1 unspecified atom stereocenters. The van der Waals surface area contributed by atoms with Crippen molar-refractivity contribution in [2.75, 3.05) is 10.6 Å². The Kier molecular flexibility index (Phi) is 6.92. The van der Waals surface area contributed by atoms with E-state index in [1.54, 1.807) is 49.4 Å². The molecule has 0 heterocycles. The molecule has 0 fully saturated rings. The Morgan fingerprint density at radius 1 is 1.12 bits per heavy atom. The van der Waals surface area contributed by atoms with Crippen molar-refractivity contribution in [3.63, 3.8) is 0 Å². The first-order valence-electron chi connectivity index (χ1n) is 7.99. The van der Waals surface area contributed by atoms with E-state index in [-0.39, 0.29) is 12.5 Å². The van der Waals surface area contributed by atoms with Crippen LogP contribution in [-0.4, -0.2) is 26.6 Å². The van der Waals surface area contributed by atoms with Gasteiger partial charge in [-0.1, -0.05) is 48.3 Å². The minimum absolute atomic E-state index is 0.277. The van der Waals surface area contributed by atoms with Crippen LogP contribution in [-0.2, 0) is 21.4 Å². The number of nitrogens with one attached hydrogen (secondary N) is 1. The van der Waals surface area contributed by atoms with Gasteiger partial charge in [-0.15, -0.1) is 0 Å². The van der Waals surface area contributed by atoms with Gasteiger partial charge in [-0.2, -0.15) is 0 Å². The summed E-state index contributed by atoms with van der Waals surface area (Å²) in [4.78, 5) is 12.7. The average Bonchev–Trinajstić information content (AvgIpc) is 2.57. The topological polar surface area (TPSA) is 66.5 Å². The lowest BCUT2D eigenvalue weighted by Gasteiger charge is -2.30. The number of carbonyl (C=O) groups excluding carboxylic acids is 1. The van der Waals surface area contributed by atoms with E-state index in [9.17, 15) is 13.2 Å². The van der Waals surface area contributed by atoms with Crippen LogP contribution < -0.4 is 9.62 Å². The molecule has 0 saturated heterocycles. The van der Waals surface area contributed by atoms with Crippen molar-refractivity contribution in [3.05, 3.63) is 64.1 Å². The van der Waals surface area contributed by atoms with Crippen LogP contribution in [0, 0.1) is 0 Å². The third-order valence-electron chi connectivity index (χ3n) is 3.77. The molecule has 0 spiro atoms. The highest BCUT2D eigenvalue weighted by Gasteiger charge is 2.31. The lowest BCUT2D eigenvalue weighted by molar-refractivity contribution is -0.122. The molecular formula is C18H20Cl2N2O3S. The smallest absolute Gasteiger partial charge is 0.244 e. The van der Waals surface area contributed by atoms with Gasteiger partial charge in [0, 0.05) is 16.6 Å². The standard InChI is InChI=1S/C18H20Cl2N2O3S/c1-3-17(18(23)21-12-13-7-9-14(19)10-8-13)22(26(2,24)25)16-6-4-5-15(20)11-16/h4-11,17H,3,12H2,1-2H3,(H,21,23). The second-order valence-corrected chi connectivity index (χ2v) is 8.54. The predicted octanol–water partition coefficient (Wildman–Crippen LogP) is 3.85. The number of hydrogen-bond donors (Lipinski definition) is 1. The largest absolute Gasteiger partial charge is 0.350 e. The molecule has 1 atom stereocenters. The maximum absolute atomic E-state index is 12.7. The van der Waals surface area contributed by atoms with Crippen LogP contribution >= 0.6 is 23.2 Å². The van der Waals surface area contributed by atoms with Gasteiger partial charge in [0.05, 0.1) is 11.9 Å². The van der Waals surface area contributed by atoms with E-state index >= 15 is 0 Å². The summed E-state index contributed by atoms with van der Waals surface area (Å²) in [6.45, 7) is 2.04. The van der Waals surface area contributed by atoms with Crippen molar-refractivity contribution in [2.45, 2.75) is 25.9 Å². The van der Waals surface area contributed by atoms with Crippen molar-refractivity contribution in [3.8, 4) is 0 Å². The van der Waals surface area contributed by atoms with Crippen LogP contribution in [0.25, 0.3) is 0 Å². The summed E-state index contributed by atoms with van der Waals surface area (Å²) >= 11 is 11.8. The first kappa shape index (κ1) is 20.6. The molecule has 0 saturated carbocycles. The van der Waals surface area contributed by atoms with Gasteiger partial charge >= 0.3 is 0 Å². The number of amides is 1. The highest BCUT2D eigenvalue weighted by molar-refractivity contribution is 7.92. The van der Waals surface area contributed by atoms with E-state index in [1.807, 2.05) is 0 Å². The first-order valence-corrected chi connectivity index (χ1v) is 10.6. The van der Waals surface area contributed by atoms with Gasteiger partial charge < -0.3 is 5.32 Å². The van der Waals surface area contributed by atoms with Crippen LogP contribution in [0.1, 0.15) is 18.9 Å². The molecule has 0 bridgehead atoms. The summed E-state index contributed by atoms with van der Waals surface area (Å²) in [6, 6.07) is 12.6. The minimum atomic E-state index is -3.68. The van der Waals surface area contributed by atoms with Gasteiger partial charge in [-0.05, 0) is 42.3 Å². The van der Waals surface area contributed by atoms with Crippen molar-refractivity contribution in [1.29, 1.82) is 0 Å². The maximum Gasteiger partial charge on any atom is 0.244 e. The number of benzene rings is 2. The zero-order valence-corrected chi connectivity index (χ0v) is 16.8. The third-order valence-corrected chi connectivity index (χ3v) is 5.44. The second-order valence-electron chi connectivity index (χ2n) is 5.81. The number of anilines is 1. The van der Waals surface area contributed by atoms with Crippen LogP contribution in [0.2, 0.25) is 10.0 Å². The Morgan fingerprint density at radius 2 is 1.77 bits per heavy atom. The van der Waals surface area contributed by atoms with E-state index in [1.165, 1.54) is 6.07 Å². The maximum atomic E-state index is 12.7. The Balaban J connectivity index is 2.23. The number of rotatable bonds is 7. The molecule has 0 aliphatic heterocycles. The number of nitrogens with zero attached hydrogens (tertiary/aromatic N) is 1. The van der Waals surface area contributed by atoms with Crippen LogP contribution in [0.15, 0.2) is 48.5 Å². The highest BCUT2D eigenvalue weighted by Crippen LogP contribution is 2.25. The van der Waals surface area contributed by atoms with Crippen molar-refractivity contribution < 1.29 is 13.2 Å². The summed E-state index contributed by atoms with van der Waals surface area (Å²) in [5.74, 6) is -0.382. The number of halogens is 2. The van der Waals surface area contributed by atoms with Crippen molar-refractivity contribution in [2.24, 2.45) is 0 Å². The van der Waals surface area contributed by atoms with Gasteiger partial charge in [-0.3, -0.25) is 9.10 Å². The zero-order chi connectivity index (χ0) is 19.3. The van der Waals surface area contributed by atoms with E-state index in [0.717, 1.165) is 16.1 Å². The summed E-state index contributed by atoms with van der Waals surface area (Å²) in [5, 5.41) is 3.79. The molecule has 1 N–H and O–H groups in total. The van der Waals surface area contributed by atoms with Gasteiger partial charge in [0.25, 0.3) is 0 Å². The normalized spacial score (nSPS) is 12.5. The van der Waals surface area contributed by atoms with Crippen LogP contribution in [0.5, 0.6) is 0 Å². The number of carbonyl (C=O) groups is 1. The molecule has 2 rings (SSSR count). The summed E-state index contributed by atoms with van der Waals surface area (Å²) in [7, 11) is -3.68. The zero-order valence-electron chi connectivity index (χ0n) is 14.4. The molecule has 2 aromatic carbocycles. The Morgan fingerprint density at radius 3 is 2.31 bits per heavy atom. The quantitative estimate of drug-likeness (QED) is 0.747. The summed E-state index contributed by atoms with van der Waals surface area (Å²) < 4.78 is 25.8. The van der Waals surface area contributed by atoms with Gasteiger partial charge in [-0.25, -0.2) is 8.42 Å². The van der Waals surface area contributed by atoms with Crippen LogP contribution in [0.3, 0.4) is 0 Å². The van der Waals surface area contributed by atoms with E-state index < -0.39 is 16.1 Å². The first-order chi connectivity index (χ1) is 12.2.